The van der Waals surface area contributed by atoms with Crippen LogP contribution in [0, 0.1) is 4.77 Å². The molecule has 0 aliphatic heterocycles. The summed E-state index contributed by atoms with van der Waals surface area (Å²) in [6, 6.07) is 20.0. The standard InChI is InChI=1S/C15H15N5S/c21-15-19(12-16-11-13-7-3-1-4-8-13)17-18-20(15)14-9-5-2-6-10-14/h1-10,16H,11-12H2. The van der Waals surface area contributed by atoms with Gasteiger partial charge in [-0.15, -0.1) is 0 Å². The third-order valence-electron chi connectivity index (χ3n) is 3.07. The molecule has 6 heteroatoms. The maximum Gasteiger partial charge on any atom is 0.221 e. The first-order valence-corrected chi connectivity index (χ1v) is 7.08. The zero-order chi connectivity index (χ0) is 14.5. The van der Waals surface area contributed by atoms with E-state index in [0.29, 0.717) is 11.4 Å². The van der Waals surface area contributed by atoms with Gasteiger partial charge in [-0.05, 0) is 40.3 Å². The molecular weight excluding hydrogens is 282 g/mol. The summed E-state index contributed by atoms with van der Waals surface area (Å²) < 4.78 is 3.90. The molecule has 0 fully saturated rings. The van der Waals surface area contributed by atoms with Crippen LogP contribution < -0.4 is 5.32 Å². The average Bonchev–Trinajstić information content (AvgIpc) is 2.90. The van der Waals surface area contributed by atoms with Crippen molar-refractivity contribution in [3.05, 3.63) is 71.0 Å². The molecule has 0 saturated carbocycles. The van der Waals surface area contributed by atoms with Gasteiger partial charge in [-0.3, -0.25) is 5.32 Å². The number of nitrogens with zero attached hydrogens (tertiary/aromatic N) is 4. The van der Waals surface area contributed by atoms with Gasteiger partial charge in [0.2, 0.25) is 4.77 Å². The van der Waals surface area contributed by atoms with Crippen LogP contribution >= 0.6 is 12.2 Å². The van der Waals surface area contributed by atoms with Crippen LogP contribution in [0.25, 0.3) is 5.69 Å². The van der Waals surface area contributed by atoms with E-state index in [0.717, 1.165) is 12.2 Å². The Balaban J connectivity index is 1.68. The maximum absolute atomic E-state index is 5.40. The Labute approximate surface area is 127 Å². The summed E-state index contributed by atoms with van der Waals surface area (Å²) in [6.45, 7) is 1.29. The normalized spacial score (nSPS) is 10.7. The molecule has 1 N–H and O–H groups in total. The van der Waals surface area contributed by atoms with Crippen molar-refractivity contribution in [2.24, 2.45) is 0 Å². The number of rotatable bonds is 5. The molecule has 0 unspecified atom stereocenters. The highest BCUT2D eigenvalue weighted by molar-refractivity contribution is 7.71. The summed E-state index contributed by atoms with van der Waals surface area (Å²) >= 11 is 5.40. The third kappa shape index (κ3) is 3.24. The topological polar surface area (TPSA) is 47.7 Å². The van der Waals surface area contributed by atoms with Gasteiger partial charge in [0.25, 0.3) is 0 Å². The Bertz CT molecular complexity index is 748. The van der Waals surface area contributed by atoms with E-state index in [1.165, 1.54) is 5.56 Å². The zero-order valence-corrected chi connectivity index (χ0v) is 12.2. The minimum Gasteiger partial charge on any atom is -0.294 e. The van der Waals surface area contributed by atoms with E-state index < -0.39 is 0 Å². The van der Waals surface area contributed by atoms with Crippen LogP contribution in [0.2, 0.25) is 0 Å². The Kier molecular flexibility index (Phi) is 4.18. The van der Waals surface area contributed by atoms with E-state index in [9.17, 15) is 0 Å². The third-order valence-corrected chi connectivity index (χ3v) is 3.46. The van der Waals surface area contributed by atoms with E-state index in [1.54, 1.807) is 9.36 Å². The van der Waals surface area contributed by atoms with Crippen molar-refractivity contribution in [3.8, 4) is 5.69 Å². The number of para-hydroxylation sites is 1. The first kappa shape index (κ1) is 13.7. The van der Waals surface area contributed by atoms with Crippen molar-refractivity contribution in [1.82, 2.24) is 25.1 Å². The zero-order valence-electron chi connectivity index (χ0n) is 11.4. The fraction of sp³-hybridized carbons (Fsp3) is 0.133. The molecule has 0 radical (unpaired) electrons. The van der Waals surface area contributed by atoms with Crippen molar-refractivity contribution in [3.63, 3.8) is 0 Å². The quantitative estimate of drug-likeness (QED) is 0.735. The molecule has 0 atom stereocenters. The van der Waals surface area contributed by atoms with Gasteiger partial charge in [0.05, 0.1) is 12.4 Å². The fourth-order valence-corrected chi connectivity index (χ4v) is 2.25. The Hall–Kier alpha value is -2.31. The minimum absolute atomic E-state index is 0.528. The van der Waals surface area contributed by atoms with Crippen LogP contribution in [-0.2, 0) is 13.2 Å². The highest BCUT2D eigenvalue weighted by atomic mass is 32.1. The number of nitrogens with one attached hydrogen (secondary N) is 1. The molecule has 3 aromatic rings. The van der Waals surface area contributed by atoms with Gasteiger partial charge in [0.1, 0.15) is 0 Å². The molecule has 1 aromatic heterocycles. The minimum atomic E-state index is 0.528. The molecule has 0 aliphatic rings. The molecular formula is C15H15N5S. The SMILES string of the molecule is S=c1n(CNCc2ccccc2)nnn1-c1ccccc1. The Morgan fingerprint density at radius 2 is 1.57 bits per heavy atom. The smallest absolute Gasteiger partial charge is 0.221 e. The number of hydrogen-bond acceptors (Lipinski definition) is 4. The Morgan fingerprint density at radius 1 is 0.905 bits per heavy atom. The summed E-state index contributed by atoms with van der Waals surface area (Å²) in [5, 5.41) is 11.5. The van der Waals surface area contributed by atoms with Crippen LogP contribution in [0.3, 0.4) is 0 Å². The van der Waals surface area contributed by atoms with Crippen molar-refractivity contribution in [2.75, 3.05) is 0 Å². The summed E-state index contributed by atoms with van der Waals surface area (Å²) in [6.07, 6.45) is 0. The molecule has 2 aromatic carbocycles. The van der Waals surface area contributed by atoms with E-state index in [1.807, 2.05) is 48.5 Å². The van der Waals surface area contributed by atoms with Crippen LogP contribution in [0.4, 0.5) is 0 Å². The van der Waals surface area contributed by atoms with E-state index >= 15 is 0 Å². The number of hydrogen-bond donors (Lipinski definition) is 1. The van der Waals surface area contributed by atoms with Gasteiger partial charge < -0.3 is 0 Å². The largest absolute Gasteiger partial charge is 0.294 e. The first-order valence-electron chi connectivity index (χ1n) is 6.67. The molecule has 21 heavy (non-hydrogen) atoms. The van der Waals surface area contributed by atoms with Gasteiger partial charge in [-0.1, -0.05) is 48.5 Å². The van der Waals surface area contributed by atoms with Crippen molar-refractivity contribution in [2.45, 2.75) is 13.2 Å². The summed E-state index contributed by atoms with van der Waals surface area (Å²) in [5.41, 5.74) is 2.14. The van der Waals surface area contributed by atoms with Crippen LogP contribution in [0.15, 0.2) is 60.7 Å². The summed E-state index contributed by atoms with van der Waals surface area (Å²) in [4.78, 5) is 0. The van der Waals surface area contributed by atoms with Gasteiger partial charge in [0, 0.05) is 6.54 Å². The van der Waals surface area contributed by atoms with Gasteiger partial charge in [-0.25, -0.2) is 4.68 Å². The molecule has 1 heterocycles. The Morgan fingerprint density at radius 3 is 2.29 bits per heavy atom. The fourth-order valence-electron chi connectivity index (χ4n) is 2.01. The number of benzene rings is 2. The van der Waals surface area contributed by atoms with E-state index in [2.05, 4.69) is 27.9 Å². The highest BCUT2D eigenvalue weighted by Crippen LogP contribution is 2.05. The lowest BCUT2D eigenvalue weighted by Crippen LogP contribution is -2.19. The summed E-state index contributed by atoms with van der Waals surface area (Å²) in [7, 11) is 0. The van der Waals surface area contributed by atoms with E-state index in [4.69, 9.17) is 12.2 Å². The predicted octanol–water partition coefficient (Wildman–Crippen LogP) is 2.55. The van der Waals surface area contributed by atoms with Crippen LogP contribution in [0.5, 0.6) is 0 Å². The molecule has 3 rings (SSSR count). The lowest BCUT2D eigenvalue weighted by atomic mass is 10.2. The molecule has 5 nitrogen and oxygen atoms in total. The lowest BCUT2D eigenvalue weighted by Gasteiger charge is -2.04. The highest BCUT2D eigenvalue weighted by Gasteiger charge is 2.04. The van der Waals surface area contributed by atoms with Crippen molar-refractivity contribution in [1.29, 1.82) is 0 Å². The van der Waals surface area contributed by atoms with Gasteiger partial charge >= 0.3 is 0 Å². The first-order chi connectivity index (χ1) is 10.3. The lowest BCUT2D eigenvalue weighted by molar-refractivity contribution is 0.493. The maximum atomic E-state index is 5.40. The average molecular weight is 297 g/mol. The second-order valence-corrected chi connectivity index (χ2v) is 4.94. The molecule has 0 amide bonds. The van der Waals surface area contributed by atoms with Gasteiger partial charge in [-0.2, -0.15) is 4.68 Å². The molecule has 0 saturated heterocycles. The number of aromatic nitrogens is 4. The van der Waals surface area contributed by atoms with Crippen LogP contribution in [-0.4, -0.2) is 19.8 Å². The number of tetrazole rings is 1. The molecule has 0 spiro atoms. The molecule has 106 valence electrons. The second-order valence-electron chi connectivity index (χ2n) is 4.58. The van der Waals surface area contributed by atoms with E-state index in [-0.39, 0.29) is 0 Å². The second kappa shape index (κ2) is 6.43. The summed E-state index contributed by atoms with van der Waals surface area (Å²) in [5.74, 6) is 0. The predicted molar refractivity (Wildman–Crippen MR) is 83.5 cm³/mol. The van der Waals surface area contributed by atoms with Gasteiger partial charge in [0.15, 0.2) is 0 Å². The van der Waals surface area contributed by atoms with Crippen molar-refractivity contribution < 1.29 is 0 Å². The van der Waals surface area contributed by atoms with Crippen molar-refractivity contribution >= 4 is 12.2 Å². The molecule has 0 aliphatic carbocycles. The van der Waals surface area contributed by atoms with Crippen LogP contribution in [0.1, 0.15) is 5.56 Å². The monoisotopic (exact) mass is 297 g/mol. The molecule has 0 bridgehead atoms.